The Balaban J connectivity index is 1.48. The van der Waals surface area contributed by atoms with Crippen LogP contribution >= 0.6 is 0 Å². The Kier molecular flexibility index (Phi) is 7.54. The Morgan fingerprint density at radius 2 is 1.94 bits per heavy atom. The molecule has 2 aromatic carbocycles. The Morgan fingerprint density at radius 1 is 1.13 bits per heavy atom. The van der Waals surface area contributed by atoms with Gasteiger partial charge in [-0.25, -0.2) is 4.98 Å². The number of para-hydroxylation sites is 1. The molecular formula is C24H28N4O3. The van der Waals surface area contributed by atoms with Crippen LogP contribution in [0.4, 0.5) is 0 Å². The summed E-state index contributed by atoms with van der Waals surface area (Å²) in [6.45, 7) is 4.34. The van der Waals surface area contributed by atoms with Crippen molar-refractivity contribution >= 4 is 22.7 Å². The summed E-state index contributed by atoms with van der Waals surface area (Å²) in [4.78, 5) is 43.8. The van der Waals surface area contributed by atoms with E-state index in [0.29, 0.717) is 48.1 Å². The second-order valence-corrected chi connectivity index (χ2v) is 7.64. The van der Waals surface area contributed by atoms with Gasteiger partial charge in [-0.3, -0.25) is 14.4 Å². The molecule has 0 aliphatic heterocycles. The fourth-order valence-electron chi connectivity index (χ4n) is 3.19. The maximum Gasteiger partial charge on any atom is 0.258 e. The summed E-state index contributed by atoms with van der Waals surface area (Å²) in [6, 6.07) is 14.6. The first kappa shape index (κ1) is 22.2. The Hall–Kier alpha value is -3.48. The predicted molar refractivity (Wildman–Crippen MR) is 121 cm³/mol. The average Bonchev–Trinajstić information content (AvgIpc) is 2.78. The maximum absolute atomic E-state index is 12.3. The van der Waals surface area contributed by atoms with Crippen LogP contribution in [-0.4, -0.2) is 27.8 Å². The number of nitrogens with zero attached hydrogens (tertiary/aromatic N) is 1. The Morgan fingerprint density at radius 3 is 2.74 bits per heavy atom. The molecule has 7 nitrogen and oxygen atoms in total. The molecule has 1 aromatic heterocycles. The standard InChI is InChI=1S/C24H28N4O3/c1-3-16(2)26-23(30)18-9-6-8-17(14-18)15-25-22(29)13-7-12-21-27-20-11-5-4-10-19(20)24(31)28-21/h4-6,8-11,14,16H,3,7,12-13,15H2,1-2H3,(H,25,29)(H,26,30)(H,27,28,31). The SMILES string of the molecule is CCC(C)NC(=O)c1cccc(CNC(=O)CCCc2nc3ccccc3c(=O)[nH]2)c1. The number of benzene rings is 2. The van der Waals surface area contributed by atoms with Crippen LogP contribution in [0.2, 0.25) is 0 Å². The molecule has 1 unspecified atom stereocenters. The fraction of sp³-hybridized carbons (Fsp3) is 0.333. The van der Waals surface area contributed by atoms with E-state index in [0.717, 1.165) is 12.0 Å². The normalized spacial score (nSPS) is 11.8. The first-order valence-electron chi connectivity index (χ1n) is 10.6. The largest absolute Gasteiger partial charge is 0.352 e. The first-order chi connectivity index (χ1) is 15.0. The van der Waals surface area contributed by atoms with E-state index >= 15 is 0 Å². The van der Waals surface area contributed by atoms with Crippen LogP contribution in [0.3, 0.4) is 0 Å². The minimum absolute atomic E-state index is 0.0856. The minimum Gasteiger partial charge on any atom is -0.352 e. The third-order valence-corrected chi connectivity index (χ3v) is 5.15. The topological polar surface area (TPSA) is 104 Å². The molecule has 2 amide bonds. The Labute approximate surface area is 181 Å². The van der Waals surface area contributed by atoms with Gasteiger partial charge in [-0.05, 0) is 49.6 Å². The molecule has 1 atom stereocenters. The average molecular weight is 421 g/mol. The van der Waals surface area contributed by atoms with Crippen molar-refractivity contribution in [2.24, 2.45) is 0 Å². The lowest BCUT2D eigenvalue weighted by Gasteiger charge is -2.12. The van der Waals surface area contributed by atoms with Gasteiger partial charge in [-0.2, -0.15) is 0 Å². The van der Waals surface area contributed by atoms with E-state index in [2.05, 4.69) is 20.6 Å². The van der Waals surface area contributed by atoms with Crippen molar-refractivity contribution in [1.82, 2.24) is 20.6 Å². The van der Waals surface area contributed by atoms with Gasteiger partial charge in [0.2, 0.25) is 5.91 Å². The van der Waals surface area contributed by atoms with Gasteiger partial charge in [0, 0.05) is 31.0 Å². The Bertz CT molecular complexity index is 1120. The number of nitrogens with one attached hydrogen (secondary N) is 3. The molecule has 0 aliphatic carbocycles. The lowest BCUT2D eigenvalue weighted by molar-refractivity contribution is -0.121. The second-order valence-electron chi connectivity index (χ2n) is 7.64. The van der Waals surface area contributed by atoms with E-state index in [9.17, 15) is 14.4 Å². The minimum atomic E-state index is -0.165. The zero-order valence-corrected chi connectivity index (χ0v) is 17.9. The number of hydrogen-bond donors (Lipinski definition) is 3. The molecule has 3 N–H and O–H groups in total. The number of fused-ring (bicyclic) bond motifs is 1. The zero-order valence-electron chi connectivity index (χ0n) is 17.9. The quantitative estimate of drug-likeness (QED) is 0.495. The molecule has 7 heteroatoms. The molecule has 0 saturated carbocycles. The van der Waals surface area contributed by atoms with Crippen molar-refractivity contribution in [2.75, 3.05) is 0 Å². The van der Waals surface area contributed by atoms with E-state index < -0.39 is 0 Å². The van der Waals surface area contributed by atoms with Crippen LogP contribution in [0.1, 0.15) is 54.9 Å². The van der Waals surface area contributed by atoms with Crippen molar-refractivity contribution in [1.29, 1.82) is 0 Å². The van der Waals surface area contributed by atoms with Crippen molar-refractivity contribution in [2.45, 2.75) is 52.1 Å². The molecule has 1 heterocycles. The first-order valence-corrected chi connectivity index (χ1v) is 10.6. The molecule has 0 aliphatic rings. The molecule has 0 bridgehead atoms. The van der Waals surface area contributed by atoms with Crippen molar-refractivity contribution < 1.29 is 9.59 Å². The summed E-state index contributed by atoms with van der Waals surface area (Å²) in [7, 11) is 0. The van der Waals surface area contributed by atoms with Crippen LogP contribution in [0.15, 0.2) is 53.3 Å². The van der Waals surface area contributed by atoms with E-state index in [1.807, 2.05) is 32.0 Å². The summed E-state index contributed by atoms with van der Waals surface area (Å²) in [5.74, 6) is 0.383. The molecule has 162 valence electrons. The number of aryl methyl sites for hydroxylation is 1. The number of carbonyl (C=O) groups is 2. The summed E-state index contributed by atoms with van der Waals surface area (Å²) >= 11 is 0. The summed E-state index contributed by atoms with van der Waals surface area (Å²) in [6.07, 6.45) is 2.28. The van der Waals surface area contributed by atoms with Gasteiger partial charge < -0.3 is 15.6 Å². The highest BCUT2D eigenvalue weighted by Crippen LogP contribution is 2.08. The molecular weight excluding hydrogens is 392 g/mol. The van der Waals surface area contributed by atoms with Gasteiger partial charge in [0.1, 0.15) is 5.82 Å². The number of amides is 2. The lowest BCUT2D eigenvalue weighted by Crippen LogP contribution is -2.32. The van der Waals surface area contributed by atoms with Crippen LogP contribution in [0.5, 0.6) is 0 Å². The predicted octanol–water partition coefficient (Wildman–Crippen LogP) is 3.09. The number of rotatable bonds is 9. The highest BCUT2D eigenvalue weighted by atomic mass is 16.2. The summed E-state index contributed by atoms with van der Waals surface area (Å²) < 4.78 is 0. The number of aromatic nitrogens is 2. The zero-order chi connectivity index (χ0) is 22.2. The van der Waals surface area contributed by atoms with Gasteiger partial charge in [0.05, 0.1) is 10.9 Å². The number of carbonyl (C=O) groups excluding carboxylic acids is 2. The van der Waals surface area contributed by atoms with Gasteiger partial charge in [0.15, 0.2) is 0 Å². The van der Waals surface area contributed by atoms with Gasteiger partial charge in [0.25, 0.3) is 11.5 Å². The molecule has 0 fully saturated rings. The summed E-state index contributed by atoms with van der Waals surface area (Å²) in [5.41, 5.74) is 1.94. The molecule has 31 heavy (non-hydrogen) atoms. The maximum atomic E-state index is 12.3. The van der Waals surface area contributed by atoms with Crippen LogP contribution in [0.25, 0.3) is 10.9 Å². The smallest absolute Gasteiger partial charge is 0.258 e. The molecule has 0 spiro atoms. The monoisotopic (exact) mass is 420 g/mol. The molecule has 0 saturated heterocycles. The van der Waals surface area contributed by atoms with Crippen LogP contribution < -0.4 is 16.2 Å². The number of hydrogen-bond acceptors (Lipinski definition) is 4. The van der Waals surface area contributed by atoms with Gasteiger partial charge in [-0.1, -0.05) is 31.2 Å². The summed E-state index contributed by atoms with van der Waals surface area (Å²) in [5, 5.41) is 6.38. The number of aromatic amines is 1. The van der Waals surface area contributed by atoms with E-state index in [1.165, 1.54) is 0 Å². The van der Waals surface area contributed by atoms with E-state index in [4.69, 9.17) is 0 Å². The van der Waals surface area contributed by atoms with E-state index in [-0.39, 0.29) is 23.4 Å². The van der Waals surface area contributed by atoms with Gasteiger partial charge >= 0.3 is 0 Å². The third kappa shape index (κ3) is 6.25. The molecule has 3 aromatic rings. The lowest BCUT2D eigenvalue weighted by atomic mass is 10.1. The molecule has 3 rings (SSSR count). The van der Waals surface area contributed by atoms with E-state index in [1.54, 1.807) is 30.3 Å². The van der Waals surface area contributed by atoms with Gasteiger partial charge in [-0.15, -0.1) is 0 Å². The van der Waals surface area contributed by atoms with Crippen molar-refractivity contribution in [3.05, 3.63) is 75.8 Å². The highest BCUT2D eigenvalue weighted by Gasteiger charge is 2.10. The number of H-pyrrole nitrogens is 1. The molecule has 0 radical (unpaired) electrons. The van der Waals surface area contributed by atoms with Crippen LogP contribution in [-0.2, 0) is 17.8 Å². The van der Waals surface area contributed by atoms with Crippen LogP contribution in [0, 0.1) is 0 Å². The second kappa shape index (κ2) is 10.5. The van der Waals surface area contributed by atoms with Crippen molar-refractivity contribution in [3.63, 3.8) is 0 Å². The van der Waals surface area contributed by atoms with Crippen molar-refractivity contribution in [3.8, 4) is 0 Å². The third-order valence-electron chi connectivity index (χ3n) is 5.15. The highest BCUT2D eigenvalue weighted by molar-refractivity contribution is 5.94. The fourth-order valence-corrected chi connectivity index (χ4v) is 3.19.